The Balaban J connectivity index is -0.0000000200. The molecule has 0 rings (SSSR count). The Bertz CT molecular complexity index is 17.1. The average Bonchev–Trinajstić information content (AvgIpc) is 0.918. The van der Waals surface area contributed by atoms with Crippen LogP contribution in [0.1, 0.15) is 0 Å². The van der Waals surface area contributed by atoms with E-state index in [1.54, 1.807) is 0 Å². The second kappa shape index (κ2) is 18.4. The van der Waals surface area contributed by atoms with E-state index in [-0.39, 0.29) is 42.4 Å². The molecule has 0 saturated carbocycles. The number of hydrogen-bond acceptors (Lipinski definition) is 2. The molecule has 0 saturated heterocycles. The first-order valence-corrected chi connectivity index (χ1v) is 1.41. The average molecular weight is 118 g/mol. The molecule has 0 spiro atoms. The Hall–Kier alpha value is 1.32. The minimum atomic E-state index is -1.75. The summed E-state index contributed by atoms with van der Waals surface area (Å²) in [6.45, 7) is 0. The molecule has 0 bridgehead atoms. The van der Waals surface area contributed by atoms with E-state index in [1.165, 1.54) is 0 Å². The van der Waals surface area contributed by atoms with Crippen LogP contribution in [0.2, 0.25) is 0 Å². The molecule has 2 nitrogen and oxygen atoms in total. The molecule has 0 aliphatic heterocycles. The third-order valence-electron chi connectivity index (χ3n) is 0. The van der Waals surface area contributed by atoms with E-state index in [9.17, 15) is 0 Å². The van der Waals surface area contributed by atoms with E-state index in [0.29, 0.717) is 0 Å². The predicted molar refractivity (Wildman–Crippen MR) is 12.2 cm³/mol. The van der Waals surface area contributed by atoms with Gasteiger partial charge in [0.1, 0.15) is 0 Å². The van der Waals surface area contributed by atoms with Gasteiger partial charge in [-0.05, 0) is 0 Å². The van der Waals surface area contributed by atoms with Gasteiger partial charge in [0.2, 0.25) is 0 Å². The molecule has 0 aromatic heterocycles. The van der Waals surface area contributed by atoms with E-state index >= 15 is 0 Å². The third kappa shape index (κ3) is 33.6. The molecular weight excluding hydrogens is 118 g/mol. The molecule has 0 heterocycles. The second-order valence-corrected chi connectivity index (χ2v) is 0.289. The van der Waals surface area contributed by atoms with E-state index in [4.69, 9.17) is 7.96 Å². The third-order valence-corrected chi connectivity index (χ3v) is 0. The number of rotatable bonds is 0. The monoisotopic (exact) mass is 118 g/mol. The zero-order valence-electron chi connectivity index (χ0n) is 2.48. The van der Waals surface area contributed by atoms with Crippen LogP contribution < -0.4 is 8.86 Å². The Labute approximate surface area is 65.2 Å². The van der Waals surface area contributed by atoms with Crippen molar-refractivity contribution in [3.63, 3.8) is 0 Å². The van der Waals surface area contributed by atoms with Gasteiger partial charge in [-0.15, -0.1) is 0 Å². The summed E-state index contributed by atoms with van der Waals surface area (Å²) in [5.41, 5.74) is 0. The molecule has 0 unspecified atom stereocenters. The van der Waals surface area contributed by atoms with Gasteiger partial charge in [0, 0.05) is 0 Å². The Morgan fingerprint density at radius 3 is 1.60 bits per heavy atom. The molecule has 0 aromatic carbocycles. The quantitative estimate of drug-likeness (QED) is 0.299. The number of halogens is 1. The maximum absolute atomic E-state index is 8.46. The van der Waals surface area contributed by atoms with Gasteiger partial charge in [-0.1, -0.05) is 0 Å². The van der Waals surface area contributed by atoms with Crippen molar-refractivity contribution in [3.8, 4) is 0 Å². The van der Waals surface area contributed by atoms with Crippen LogP contribution in [0.4, 0.5) is 0 Å². The molecular formula is AlCaFO2. The van der Waals surface area contributed by atoms with Crippen molar-refractivity contribution < 1.29 is 12.7 Å². The molecule has 24 valence electrons. The van der Waals surface area contributed by atoms with Crippen LogP contribution in [0.5, 0.6) is 0 Å². The van der Waals surface area contributed by atoms with Crippen LogP contribution in [0.25, 0.3) is 0 Å². The Morgan fingerprint density at radius 1 is 1.60 bits per heavy atom. The molecule has 0 aliphatic carbocycles. The summed E-state index contributed by atoms with van der Waals surface area (Å²) in [7, 11) is 0. The summed E-state index contributed by atoms with van der Waals surface area (Å²) in [4.78, 5) is 0. The molecule has 0 aliphatic rings. The van der Waals surface area contributed by atoms with E-state index < -0.39 is 15.5 Å². The van der Waals surface area contributed by atoms with Crippen molar-refractivity contribution in [2.75, 3.05) is 0 Å². The Kier molecular flexibility index (Phi) is 59.8. The van der Waals surface area contributed by atoms with Gasteiger partial charge >= 0.3 is 61.2 Å². The topological polar surface area (TPSA) is 40.1 Å². The van der Waals surface area contributed by atoms with Crippen LogP contribution >= 0.6 is 0 Å². The van der Waals surface area contributed by atoms with Crippen molar-refractivity contribution in [2.24, 2.45) is 0 Å². The zero-order valence-corrected chi connectivity index (χ0v) is 5.84. The SMILES string of the molecule is [Ca+2].[F-].[O]=[Al][O-]. The fraction of sp³-hybridized carbons (Fsp3) is 0. The van der Waals surface area contributed by atoms with Crippen LogP contribution in [0, 0.1) is 0 Å². The van der Waals surface area contributed by atoms with Gasteiger partial charge in [-0.2, -0.15) is 0 Å². The second-order valence-electron chi connectivity index (χ2n) is 0.0962. The van der Waals surface area contributed by atoms with Gasteiger partial charge in [0.05, 0.1) is 0 Å². The standard InChI is InChI=1S/Al.Ca.FH.2O/h;;1H;;/q;+2;;;-1/p-1. The molecule has 0 radical (unpaired) electrons. The van der Waals surface area contributed by atoms with Crippen molar-refractivity contribution >= 4 is 53.2 Å². The van der Waals surface area contributed by atoms with E-state index in [1.807, 2.05) is 0 Å². The molecule has 0 fully saturated rings. The van der Waals surface area contributed by atoms with Gasteiger partial charge in [0.25, 0.3) is 0 Å². The Morgan fingerprint density at radius 2 is 1.60 bits per heavy atom. The van der Waals surface area contributed by atoms with Crippen LogP contribution in [-0.4, -0.2) is 53.2 Å². The summed E-state index contributed by atoms with van der Waals surface area (Å²) >= 11 is -1.75. The summed E-state index contributed by atoms with van der Waals surface area (Å²) in [5.74, 6) is 0. The molecule has 5 heavy (non-hydrogen) atoms. The van der Waals surface area contributed by atoms with E-state index in [2.05, 4.69) is 0 Å². The fourth-order valence-corrected chi connectivity index (χ4v) is 0. The molecule has 0 aromatic rings. The van der Waals surface area contributed by atoms with Gasteiger partial charge < -0.3 is 4.70 Å². The van der Waals surface area contributed by atoms with Crippen molar-refractivity contribution in [1.29, 1.82) is 0 Å². The molecule has 0 atom stereocenters. The maximum atomic E-state index is 8.46. The van der Waals surface area contributed by atoms with Gasteiger partial charge in [-0.25, -0.2) is 0 Å². The summed E-state index contributed by atoms with van der Waals surface area (Å²) in [6.07, 6.45) is 0. The van der Waals surface area contributed by atoms with Crippen LogP contribution in [-0.2, 0) is 3.80 Å². The van der Waals surface area contributed by atoms with Crippen LogP contribution in [0.3, 0.4) is 0 Å². The van der Waals surface area contributed by atoms with E-state index in [0.717, 1.165) is 0 Å². The first kappa shape index (κ1) is 16.2. The van der Waals surface area contributed by atoms with Crippen molar-refractivity contribution in [3.05, 3.63) is 0 Å². The number of hydrogen-bond donors (Lipinski definition) is 0. The molecule has 0 N–H and O–H groups in total. The molecule has 5 heteroatoms. The van der Waals surface area contributed by atoms with Gasteiger partial charge in [0.15, 0.2) is 0 Å². The van der Waals surface area contributed by atoms with Crippen molar-refractivity contribution in [1.82, 2.24) is 0 Å². The fourth-order valence-electron chi connectivity index (χ4n) is 0. The molecule has 0 amide bonds. The summed E-state index contributed by atoms with van der Waals surface area (Å²) in [6, 6.07) is 0. The van der Waals surface area contributed by atoms with Crippen LogP contribution in [0.15, 0.2) is 0 Å². The minimum absolute atomic E-state index is 0. The summed E-state index contributed by atoms with van der Waals surface area (Å²) < 4.78 is 16.9. The summed E-state index contributed by atoms with van der Waals surface area (Å²) in [5, 5.41) is 0. The normalized spacial score (nSPS) is 1.60. The first-order chi connectivity index (χ1) is 1.41. The van der Waals surface area contributed by atoms with Crippen molar-refractivity contribution in [2.45, 2.75) is 0 Å². The van der Waals surface area contributed by atoms with Gasteiger partial charge in [-0.3, -0.25) is 0 Å². The first-order valence-electron chi connectivity index (χ1n) is 0.471. The predicted octanol–water partition coefficient (Wildman–Crippen LogP) is -5.07. The zero-order chi connectivity index (χ0) is 2.71.